The number of aromatic nitrogens is 2. The van der Waals surface area contributed by atoms with Crippen LogP contribution in [0.3, 0.4) is 0 Å². The minimum Gasteiger partial charge on any atom is -0.326 e. The number of hydrogen-bond donors (Lipinski definition) is 2. The van der Waals surface area contributed by atoms with Crippen LogP contribution >= 0.6 is 11.3 Å². The summed E-state index contributed by atoms with van der Waals surface area (Å²) in [5, 5.41) is 3.54. The molecule has 0 spiro atoms. The zero-order chi connectivity index (χ0) is 17.1. The molecule has 1 amide bonds. The summed E-state index contributed by atoms with van der Waals surface area (Å²) in [5.74, 6) is -0.208. The monoisotopic (exact) mass is 351 g/mol. The highest BCUT2D eigenvalue weighted by Crippen LogP contribution is 2.24. The lowest BCUT2D eigenvalue weighted by molar-refractivity contribution is -0.929. The molecular formula is C19H19N4OS+. The van der Waals surface area contributed by atoms with Crippen molar-refractivity contribution in [3.05, 3.63) is 76.6 Å². The summed E-state index contributed by atoms with van der Waals surface area (Å²) in [6.45, 7) is 3.05. The number of thiazole rings is 1. The van der Waals surface area contributed by atoms with Gasteiger partial charge in [0.1, 0.15) is 18.8 Å². The van der Waals surface area contributed by atoms with Crippen LogP contribution in [0.4, 0.5) is 5.13 Å². The number of amides is 1. The molecule has 1 aromatic carbocycles. The van der Waals surface area contributed by atoms with E-state index in [0.717, 1.165) is 31.7 Å². The second-order valence-electron chi connectivity index (χ2n) is 6.15. The normalized spacial score (nSPS) is 16.2. The molecular weight excluding hydrogens is 332 g/mol. The van der Waals surface area contributed by atoms with Crippen molar-refractivity contribution in [1.29, 1.82) is 0 Å². The van der Waals surface area contributed by atoms with Gasteiger partial charge in [0.2, 0.25) is 0 Å². The van der Waals surface area contributed by atoms with Crippen LogP contribution in [0.2, 0.25) is 0 Å². The van der Waals surface area contributed by atoms with E-state index in [1.54, 1.807) is 35.7 Å². The average Bonchev–Trinajstić information content (AvgIpc) is 3.05. The smallest absolute Gasteiger partial charge is 0.276 e. The maximum Gasteiger partial charge on any atom is 0.276 e. The second kappa shape index (κ2) is 7.13. The number of hydrogen-bond acceptors (Lipinski definition) is 4. The number of carbonyl (C=O) groups excluding carboxylic acids is 1. The summed E-state index contributed by atoms with van der Waals surface area (Å²) in [7, 11) is 0. The Balaban J connectivity index is 1.43. The Kier molecular flexibility index (Phi) is 4.54. The fourth-order valence-electron chi connectivity index (χ4n) is 3.07. The van der Waals surface area contributed by atoms with Crippen molar-refractivity contribution in [2.45, 2.75) is 19.5 Å². The molecule has 0 aliphatic carbocycles. The molecule has 0 fully saturated rings. The first-order valence-corrected chi connectivity index (χ1v) is 9.18. The van der Waals surface area contributed by atoms with Crippen molar-refractivity contribution < 1.29 is 9.69 Å². The number of rotatable bonds is 4. The van der Waals surface area contributed by atoms with Crippen LogP contribution < -0.4 is 10.2 Å². The van der Waals surface area contributed by atoms with Gasteiger partial charge in [-0.25, -0.2) is 4.98 Å². The van der Waals surface area contributed by atoms with Gasteiger partial charge in [0, 0.05) is 18.2 Å². The Morgan fingerprint density at radius 2 is 2.00 bits per heavy atom. The predicted molar refractivity (Wildman–Crippen MR) is 97.7 cm³/mol. The van der Waals surface area contributed by atoms with Crippen LogP contribution in [-0.2, 0) is 19.5 Å². The lowest BCUT2D eigenvalue weighted by atomic mass is 10.1. The third kappa shape index (κ3) is 3.75. The third-order valence-corrected chi connectivity index (χ3v) is 5.33. The Bertz CT molecular complexity index is 864. The molecule has 1 unspecified atom stereocenters. The fourth-order valence-corrected chi connectivity index (χ4v) is 4.15. The SMILES string of the molecule is O=C(Nc1nc2c(s1)C[NH+](Cc1ccccc1)CC2)c1ccccn1. The molecule has 4 rings (SSSR count). The van der Waals surface area contributed by atoms with Gasteiger partial charge in [-0.1, -0.05) is 47.7 Å². The van der Waals surface area contributed by atoms with Crippen LogP contribution in [0.1, 0.15) is 26.6 Å². The Hall–Kier alpha value is -2.57. The molecule has 3 heterocycles. The third-order valence-electron chi connectivity index (χ3n) is 4.32. The number of benzene rings is 1. The van der Waals surface area contributed by atoms with Crippen molar-refractivity contribution in [3.8, 4) is 0 Å². The summed E-state index contributed by atoms with van der Waals surface area (Å²) < 4.78 is 0. The van der Waals surface area contributed by atoms with Crippen LogP contribution in [0.5, 0.6) is 0 Å². The number of nitrogens with zero attached hydrogens (tertiary/aromatic N) is 2. The first-order chi connectivity index (χ1) is 12.3. The van der Waals surface area contributed by atoms with Gasteiger partial charge in [-0.05, 0) is 12.1 Å². The molecule has 2 N–H and O–H groups in total. The predicted octanol–water partition coefficient (Wildman–Crippen LogP) is 1.93. The molecule has 1 atom stereocenters. The van der Waals surface area contributed by atoms with E-state index in [9.17, 15) is 4.79 Å². The Morgan fingerprint density at radius 3 is 2.80 bits per heavy atom. The Labute approximate surface area is 150 Å². The highest BCUT2D eigenvalue weighted by Gasteiger charge is 2.24. The second-order valence-corrected chi connectivity index (χ2v) is 7.23. The van der Waals surface area contributed by atoms with E-state index in [-0.39, 0.29) is 5.91 Å². The van der Waals surface area contributed by atoms with Crippen molar-refractivity contribution in [2.24, 2.45) is 0 Å². The number of carbonyl (C=O) groups is 1. The highest BCUT2D eigenvalue weighted by atomic mass is 32.1. The Morgan fingerprint density at radius 1 is 1.16 bits per heavy atom. The lowest BCUT2D eigenvalue weighted by Gasteiger charge is -2.22. The molecule has 0 bridgehead atoms. The summed E-state index contributed by atoms with van der Waals surface area (Å²) in [6.07, 6.45) is 2.57. The minimum atomic E-state index is -0.208. The number of fused-ring (bicyclic) bond motifs is 1. The topological polar surface area (TPSA) is 59.3 Å². The first-order valence-electron chi connectivity index (χ1n) is 8.36. The van der Waals surface area contributed by atoms with Gasteiger partial charge in [-0.3, -0.25) is 15.1 Å². The molecule has 6 heteroatoms. The molecule has 2 aromatic heterocycles. The van der Waals surface area contributed by atoms with Crippen molar-refractivity contribution in [3.63, 3.8) is 0 Å². The quantitative estimate of drug-likeness (QED) is 0.755. The van der Waals surface area contributed by atoms with E-state index in [1.165, 1.54) is 15.3 Å². The van der Waals surface area contributed by atoms with Crippen molar-refractivity contribution >= 4 is 22.4 Å². The van der Waals surface area contributed by atoms with Gasteiger partial charge in [-0.2, -0.15) is 0 Å². The maximum atomic E-state index is 12.2. The van der Waals surface area contributed by atoms with Gasteiger partial charge in [0.05, 0.1) is 17.1 Å². The maximum absolute atomic E-state index is 12.2. The lowest BCUT2D eigenvalue weighted by Crippen LogP contribution is -3.10. The van der Waals surface area contributed by atoms with E-state index in [2.05, 4.69) is 39.6 Å². The summed E-state index contributed by atoms with van der Waals surface area (Å²) in [5.41, 5.74) is 2.89. The summed E-state index contributed by atoms with van der Waals surface area (Å²) in [6, 6.07) is 15.9. The molecule has 3 aromatic rings. The van der Waals surface area contributed by atoms with Gasteiger partial charge in [-0.15, -0.1) is 0 Å². The molecule has 1 aliphatic heterocycles. The number of nitrogens with one attached hydrogen (secondary N) is 2. The van der Waals surface area contributed by atoms with Crippen LogP contribution in [0, 0.1) is 0 Å². The average molecular weight is 351 g/mol. The van der Waals surface area contributed by atoms with Crippen molar-refractivity contribution in [2.75, 3.05) is 11.9 Å². The van der Waals surface area contributed by atoms with Gasteiger partial charge >= 0.3 is 0 Å². The van der Waals surface area contributed by atoms with Crippen LogP contribution in [-0.4, -0.2) is 22.4 Å². The molecule has 126 valence electrons. The van der Waals surface area contributed by atoms with E-state index >= 15 is 0 Å². The standard InChI is InChI=1S/C19H18N4OS/c24-18(16-8-4-5-10-20-16)22-19-21-15-9-11-23(13-17(15)25-19)12-14-6-2-1-3-7-14/h1-8,10H,9,11-13H2,(H,21,22,24)/p+1. The van der Waals surface area contributed by atoms with E-state index in [1.807, 2.05) is 6.07 Å². The molecule has 0 saturated heterocycles. The first kappa shape index (κ1) is 15.9. The number of pyridine rings is 1. The highest BCUT2D eigenvalue weighted by molar-refractivity contribution is 7.15. The zero-order valence-corrected chi connectivity index (χ0v) is 14.6. The molecule has 5 nitrogen and oxygen atoms in total. The van der Waals surface area contributed by atoms with E-state index in [0.29, 0.717) is 10.8 Å². The minimum absolute atomic E-state index is 0.208. The van der Waals surface area contributed by atoms with E-state index in [4.69, 9.17) is 0 Å². The fraction of sp³-hybridized carbons (Fsp3) is 0.211. The largest absolute Gasteiger partial charge is 0.326 e. The van der Waals surface area contributed by atoms with Crippen LogP contribution in [0.15, 0.2) is 54.7 Å². The molecule has 0 saturated carbocycles. The zero-order valence-electron chi connectivity index (χ0n) is 13.7. The van der Waals surface area contributed by atoms with E-state index < -0.39 is 0 Å². The molecule has 0 radical (unpaired) electrons. The summed E-state index contributed by atoms with van der Waals surface area (Å²) in [4.78, 5) is 23.7. The van der Waals surface area contributed by atoms with Crippen LogP contribution in [0.25, 0.3) is 0 Å². The molecule has 25 heavy (non-hydrogen) atoms. The van der Waals surface area contributed by atoms with Crippen molar-refractivity contribution in [1.82, 2.24) is 9.97 Å². The molecule has 1 aliphatic rings. The summed E-state index contributed by atoms with van der Waals surface area (Å²) >= 11 is 1.58. The van der Waals surface area contributed by atoms with Gasteiger partial charge in [0.25, 0.3) is 5.91 Å². The van der Waals surface area contributed by atoms with Gasteiger partial charge < -0.3 is 4.90 Å². The number of anilines is 1. The number of quaternary nitrogens is 1. The van der Waals surface area contributed by atoms with Gasteiger partial charge in [0.15, 0.2) is 5.13 Å².